The zero-order chi connectivity index (χ0) is 10.8. The Labute approximate surface area is 89.1 Å². The van der Waals surface area contributed by atoms with Crippen molar-refractivity contribution >= 4 is 0 Å². The lowest BCUT2D eigenvalue weighted by atomic mass is 9.86. The van der Waals surface area contributed by atoms with Crippen LogP contribution < -0.4 is 5.32 Å². The molecule has 2 heteroatoms. The van der Waals surface area contributed by atoms with Gasteiger partial charge in [0.25, 0.3) is 0 Å². The van der Waals surface area contributed by atoms with Crippen LogP contribution in [0.3, 0.4) is 0 Å². The van der Waals surface area contributed by atoms with Crippen LogP contribution in [0.1, 0.15) is 40.5 Å². The van der Waals surface area contributed by atoms with Gasteiger partial charge in [-0.2, -0.15) is 0 Å². The van der Waals surface area contributed by atoms with E-state index in [9.17, 15) is 0 Å². The monoisotopic (exact) mass is 198 g/mol. The van der Waals surface area contributed by atoms with Gasteiger partial charge in [-0.1, -0.05) is 27.7 Å². The molecule has 1 saturated carbocycles. The van der Waals surface area contributed by atoms with Crippen molar-refractivity contribution in [1.82, 2.24) is 10.2 Å². The van der Waals surface area contributed by atoms with Crippen LogP contribution in [0.25, 0.3) is 0 Å². The fourth-order valence-electron chi connectivity index (χ4n) is 2.70. The van der Waals surface area contributed by atoms with Crippen molar-refractivity contribution in [3.05, 3.63) is 0 Å². The van der Waals surface area contributed by atoms with E-state index >= 15 is 0 Å². The van der Waals surface area contributed by atoms with Gasteiger partial charge < -0.3 is 10.2 Å². The Morgan fingerprint density at radius 3 is 2.50 bits per heavy atom. The van der Waals surface area contributed by atoms with E-state index in [0.29, 0.717) is 11.5 Å². The average molecular weight is 198 g/mol. The molecule has 0 radical (unpaired) electrons. The molecule has 0 spiro atoms. The number of rotatable bonds is 4. The lowest BCUT2D eigenvalue weighted by Crippen LogP contribution is -2.50. The van der Waals surface area contributed by atoms with E-state index in [-0.39, 0.29) is 0 Å². The normalized spacial score (nSPS) is 31.3. The molecule has 1 fully saturated rings. The number of likely N-dealkylation sites (N-methyl/N-ethyl adjacent to an activating group) is 2. The topological polar surface area (TPSA) is 15.3 Å². The molecular weight excluding hydrogens is 172 g/mol. The van der Waals surface area contributed by atoms with Crippen LogP contribution in [-0.2, 0) is 0 Å². The van der Waals surface area contributed by atoms with Crippen molar-refractivity contribution in [2.75, 3.05) is 20.1 Å². The lowest BCUT2D eigenvalue weighted by Gasteiger charge is -2.35. The minimum Gasteiger partial charge on any atom is -0.312 e. The Morgan fingerprint density at radius 2 is 2.00 bits per heavy atom. The highest BCUT2D eigenvalue weighted by Crippen LogP contribution is 2.39. The van der Waals surface area contributed by atoms with Crippen molar-refractivity contribution in [3.63, 3.8) is 0 Å². The molecule has 2 atom stereocenters. The van der Waals surface area contributed by atoms with E-state index in [2.05, 4.69) is 45.0 Å². The summed E-state index contributed by atoms with van der Waals surface area (Å²) in [6, 6.07) is 1.40. The Morgan fingerprint density at radius 1 is 1.36 bits per heavy atom. The molecule has 14 heavy (non-hydrogen) atoms. The zero-order valence-corrected chi connectivity index (χ0v) is 10.4. The molecular formula is C12H26N2. The molecule has 0 aromatic heterocycles. The van der Waals surface area contributed by atoms with Crippen LogP contribution in [0.2, 0.25) is 0 Å². The molecule has 0 aliphatic heterocycles. The molecule has 0 heterocycles. The van der Waals surface area contributed by atoms with E-state index in [0.717, 1.165) is 19.1 Å². The van der Waals surface area contributed by atoms with Crippen LogP contribution in [0.5, 0.6) is 0 Å². The lowest BCUT2D eigenvalue weighted by molar-refractivity contribution is 0.178. The van der Waals surface area contributed by atoms with Gasteiger partial charge in [0.2, 0.25) is 0 Å². The van der Waals surface area contributed by atoms with Gasteiger partial charge in [0.15, 0.2) is 0 Å². The molecule has 1 aliphatic rings. The molecule has 0 saturated heterocycles. The second kappa shape index (κ2) is 4.63. The standard InChI is InChI=1S/C12H26N2/c1-6-13-11-10(14(5)7-2)8-9-12(11,3)4/h10-11,13H,6-9H2,1-5H3. The highest BCUT2D eigenvalue weighted by molar-refractivity contribution is 5.00. The summed E-state index contributed by atoms with van der Waals surface area (Å²) in [6.07, 6.45) is 2.69. The summed E-state index contributed by atoms with van der Waals surface area (Å²) in [5.41, 5.74) is 0.462. The van der Waals surface area contributed by atoms with Gasteiger partial charge in [-0.15, -0.1) is 0 Å². The molecule has 2 unspecified atom stereocenters. The number of hydrogen-bond acceptors (Lipinski definition) is 2. The Hall–Kier alpha value is -0.0800. The highest BCUT2D eigenvalue weighted by Gasteiger charge is 2.42. The minimum atomic E-state index is 0.462. The fraction of sp³-hybridized carbons (Fsp3) is 1.00. The SMILES string of the molecule is CCNC1C(N(C)CC)CCC1(C)C. The van der Waals surface area contributed by atoms with Gasteiger partial charge in [-0.3, -0.25) is 0 Å². The fourth-order valence-corrected chi connectivity index (χ4v) is 2.70. The first-order valence-electron chi connectivity index (χ1n) is 5.96. The third-order valence-electron chi connectivity index (χ3n) is 3.80. The van der Waals surface area contributed by atoms with E-state index in [1.807, 2.05) is 0 Å². The van der Waals surface area contributed by atoms with Gasteiger partial charge in [-0.25, -0.2) is 0 Å². The second-order valence-electron chi connectivity index (χ2n) is 5.20. The van der Waals surface area contributed by atoms with Crippen molar-refractivity contribution in [2.45, 2.75) is 52.6 Å². The van der Waals surface area contributed by atoms with Gasteiger partial charge in [0.05, 0.1) is 0 Å². The van der Waals surface area contributed by atoms with E-state index in [1.165, 1.54) is 12.8 Å². The molecule has 0 aromatic carbocycles. The Bertz CT molecular complexity index is 177. The van der Waals surface area contributed by atoms with Gasteiger partial charge >= 0.3 is 0 Å². The largest absolute Gasteiger partial charge is 0.312 e. The van der Waals surface area contributed by atoms with E-state index < -0.39 is 0 Å². The molecule has 1 N–H and O–H groups in total. The van der Waals surface area contributed by atoms with Crippen LogP contribution in [0.4, 0.5) is 0 Å². The van der Waals surface area contributed by atoms with Gasteiger partial charge in [0, 0.05) is 12.1 Å². The Kier molecular flexibility index (Phi) is 3.96. The van der Waals surface area contributed by atoms with Crippen molar-refractivity contribution < 1.29 is 0 Å². The summed E-state index contributed by atoms with van der Waals surface area (Å²) < 4.78 is 0. The summed E-state index contributed by atoms with van der Waals surface area (Å²) in [7, 11) is 2.25. The summed E-state index contributed by atoms with van der Waals surface area (Å²) in [6.45, 7) is 11.5. The van der Waals surface area contributed by atoms with Crippen molar-refractivity contribution in [2.24, 2.45) is 5.41 Å². The number of hydrogen-bond donors (Lipinski definition) is 1. The maximum absolute atomic E-state index is 3.66. The predicted molar refractivity (Wildman–Crippen MR) is 62.6 cm³/mol. The van der Waals surface area contributed by atoms with E-state index in [1.54, 1.807) is 0 Å². The minimum absolute atomic E-state index is 0.462. The van der Waals surface area contributed by atoms with Crippen LogP contribution in [0, 0.1) is 5.41 Å². The molecule has 0 aromatic rings. The maximum Gasteiger partial charge on any atom is 0.0274 e. The summed E-state index contributed by atoms with van der Waals surface area (Å²) in [4.78, 5) is 2.49. The average Bonchev–Trinajstić information content (AvgIpc) is 2.43. The predicted octanol–water partition coefficient (Wildman–Crippen LogP) is 2.10. The first-order valence-corrected chi connectivity index (χ1v) is 5.96. The first kappa shape index (κ1) is 12.0. The van der Waals surface area contributed by atoms with Crippen LogP contribution in [-0.4, -0.2) is 37.1 Å². The smallest absolute Gasteiger partial charge is 0.0274 e. The van der Waals surface area contributed by atoms with Crippen molar-refractivity contribution in [1.29, 1.82) is 0 Å². The van der Waals surface area contributed by atoms with Gasteiger partial charge in [-0.05, 0) is 38.4 Å². The maximum atomic E-state index is 3.66. The van der Waals surface area contributed by atoms with Gasteiger partial charge in [0.1, 0.15) is 0 Å². The van der Waals surface area contributed by atoms with Crippen LogP contribution in [0.15, 0.2) is 0 Å². The Balaban J connectivity index is 2.68. The summed E-state index contributed by atoms with van der Waals surface area (Å²) in [5.74, 6) is 0. The quantitative estimate of drug-likeness (QED) is 0.744. The highest BCUT2D eigenvalue weighted by atomic mass is 15.2. The number of nitrogens with one attached hydrogen (secondary N) is 1. The number of nitrogens with zero attached hydrogens (tertiary/aromatic N) is 1. The third kappa shape index (κ3) is 2.29. The van der Waals surface area contributed by atoms with Crippen LogP contribution >= 0.6 is 0 Å². The molecule has 1 aliphatic carbocycles. The molecule has 2 nitrogen and oxygen atoms in total. The van der Waals surface area contributed by atoms with E-state index in [4.69, 9.17) is 0 Å². The third-order valence-corrected chi connectivity index (χ3v) is 3.80. The molecule has 0 amide bonds. The molecule has 1 rings (SSSR count). The molecule has 84 valence electrons. The molecule has 0 bridgehead atoms. The summed E-state index contributed by atoms with van der Waals surface area (Å²) >= 11 is 0. The zero-order valence-electron chi connectivity index (χ0n) is 10.4. The van der Waals surface area contributed by atoms with Crippen molar-refractivity contribution in [3.8, 4) is 0 Å². The summed E-state index contributed by atoms with van der Waals surface area (Å²) in [5, 5.41) is 3.66. The second-order valence-corrected chi connectivity index (χ2v) is 5.20. The first-order chi connectivity index (χ1) is 6.53.